The molecule has 0 aromatic rings. The summed E-state index contributed by atoms with van der Waals surface area (Å²) in [4.78, 5) is 2.29. The van der Waals surface area contributed by atoms with Gasteiger partial charge in [0.2, 0.25) is 0 Å². The molecule has 0 radical (unpaired) electrons. The van der Waals surface area contributed by atoms with E-state index in [-0.39, 0.29) is 0 Å². The zero-order valence-corrected chi connectivity index (χ0v) is 8.14. The van der Waals surface area contributed by atoms with Gasteiger partial charge in [-0.1, -0.05) is 19.8 Å². The Hall–Kier alpha value is -0.0400. The molecule has 1 rings (SSSR count). The summed E-state index contributed by atoms with van der Waals surface area (Å²) in [5.41, 5.74) is 0. The van der Waals surface area contributed by atoms with Crippen molar-refractivity contribution in [1.29, 1.82) is 0 Å². The molecule has 1 saturated carbocycles. The van der Waals surface area contributed by atoms with E-state index in [0.29, 0.717) is 0 Å². The molecule has 0 aromatic heterocycles. The van der Waals surface area contributed by atoms with Crippen molar-refractivity contribution < 1.29 is 0 Å². The fourth-order valence-corrected chi connectivity index (χ4v) is 2.03. The summed E-state index contributed by atoms with van der Waals surface area (Å²) in [7, 11) is 4.33. The molecule has 0 N–H and O–H groups in total. The lowest BCUT2D eigenvalue weighted by Gasteiger charge is -2.13. The molecule has 0 heterocycles. The van der Waals surface area contributed by atoms with Gasteiger partial charge in [0.05, 0.1) is 0 Å². The van der Waals surface area contributed by atoms with Gasteiger partial charge in [-0.25, -0.2) is 0 Å². The summed E-state index contributed by atoms with van der Waals surface area (Å²) in [6, 6.07) is 0. The third-order valence-corrected chi connectivity index (χ3v) is 2.79. The molecule has 0 amide bonds. The Morgan fingerprint density at radius 1 is 1.27 bits per heavy atom. The molecule has 0 saturated heterocycles. The van der Waals surface area contributed by atoms with Gasteiger partial charge in [0.1, 0.15) is 0 Å². The van der Waals surface area contributed by atoms with Gasteiger partial charge in [-0.3, -0.25) is 0 Å². The van der Waals surface area contributed by atoms with Crippen LogP contribution >= 0.6 is 0 Å². The van der Waals surface area contributed by atoms with Gasteiger partial charge in [-0.2, -0.15) is 0 Å². The van der Waals surface area contributed by atoms with Crippen LogP contribution < -0.4 is 0 Å². The maximum absolute atomic E-state index is 2.38. The molecular formula is C10H21N. The average Bonchev–Trinajstić information content (AvgIpc) is 2.31. The molecule has 0 bridgehead atoms. The highest BCUT2D eigenvalue weighted by Crippen LogP contribution is 2.32. The topological polar surface area (TPSA) is 3.24 Å². The monoisotopic (exact) mass is 155 g/mol. The van der Waals surface area contributed by atoms with Crippen molar-refractivity contribution >= 4 is 0 Å². The molecule has 1 fully saturated rings. The van der Waals surface area contributed by atoms with Crippen LogP contribution in [0.1, 0.15) is 32.6 Å². The van der Waals surface area contributed by atoms with Gasteiger partial charge >= 0.3 is 0 Å². The van der Waals surface area contributed by atoms with Crippen molar-refractivity contribution in [3.05, 3.63) is 0 Å². The molecule has 0 aliphatic heterocycles. The average molecular weight is 155 g/mol. The fourth-order valence-electron chi connectivity index (χ4n) is 2.03. The van der Waals surface area contributed by atoms with Crippen LogP contribution in [0.2, 0.25) is 0 Å². The molecule has 11 heavy (non-hydrogen) atoms. The molecule has 2 atom stereocenters. The van der Waals surface area contributed by atoms with E-state index in [9.17, 15) is 0 Å². The van der Waals surface area contributed by atoms with Crippen LogP contribution in [0.3, 0.4) is 0 Å². The standard InChI is InChI=1S/C10H21N/c1-9-4-5-10(8-9)6-7-11(2)3/h9-10H,4-8H2,1-3H3. The number of hydrogen-bond donors (Lipinski definition) is 0. The molecular weight excluding hydrogens is 134 g/mol. The first-order valence-electron chi connectivity index (χ1n) is 4.83. The van der Waals surface area contributed by atoms with E-state index in [1.54, 1.807) is 0 Å². The Kier molecular flexibility index (Phi) is 3.38. The first-order valence-corrected chi connectivity index (χ1v) is 4.83. The Balaban J connectivity index is 2.08. The van der Waals surface area contributed by atoms with Gasteiger partial charge in [0.15, 0.2) is 0 Å². The summed E-state index contributed by atoms with van der Waals surface area (Å²) in [6.45, 7) is 3.66. The molecule has 1 aliphatic carbocycles. The molecule has 0 spiro atoms. The third kappa shape index (κ3) is 3.24. The smallest absolute Gasteiger partial charge is 0.00222 e. The number of nitrogens with zero attached hydrogens (tertiary/aromatic N) is 1. The van der Waals surface area contributed by atoms with Crippen LogP contribution in [0.25, 0.3) is 0 Å². The predicted molar refractivity (Wildman–Crippen MR) is 49.7 cm³/mol. The summed E-state index contributed by atoms with van der Waals surface area (Å²) in [6.07, 6.45) is 5.85. The van der Waals surface area contributed by atoms with Crippen LogP contribution in [0.4, 0.5) is 0 Å². The van der Waals surface area contributed by atoms with Gasteiger partial charge < -0.3 is 4.90 Å². The second-order valence-electron chi connectivity index (χ2n) is 4.38. The lowest BCUT2D eigenvalue weighted by Crippen LogP contribution is -2.15. The maximum atomic E-state index is 2.38. The first-order chi connectivity index (χ1) is 5.18. The van der Waals surface area contributed by atoms with Crippen molar-refractivity contribution in [2.75, 3.05) is 20.6 Å². The Labute approximate surface area is 70.8 Å². The molecule has 0 aromatic carbocycles. The van der Waals surface area contributed by atoms with Crippen LogP contribution in [-0.4, -0.2) is 25.5 Å². The molecule has 1 aliphatic rings. The van der Waals surface area contributed by atoms with Crippen molar-refractivity contribution in [3.63, 3.8) is 0 Å². The maximum Gasteiger partial charge on any atom is -0.00222 e. The highest BCUT2D eigenvalue weighted by Gasteiger charge is 2.20. The highest BCUT2D eigenvalue weighted by molar-refractivity contribution is 4.73. The normalized spacial score (nSPS) is 31.6. The van der Waals surface area contributed by atoms with E-state index >= 15 is 0 Å². The lowest BCUT2D eigenvalue weighted by atomic mass is 10.0. The summed E-state index contributed by atoms with van der Waals surface area (Å²) >= 11 is 0. The number of rotatable bonds is 3. The van der Waals surface area contributed by atoms with Crippen molar-refractivity contribution in [1.82, 2.24) is 4.90 Å². The van der Waals surface area contributed by atoms with E-state index in [1.807, 2.05) is 0 Å². The minimum absolute atomic E-state index is 1.00. The fraction of sp³-hybridized carbons (Fsp3) is 1.00. The largest absolute Gasteiger partial charge is 0.309 e. The van der Waals surface area contributed by atoms with Gasteiger partial charge in [0, 0.05) is 0 Å². The van der Waals surface area contributed by atoms with Crippen LogP contribution in [-0.2, 0) is 0 Å². The zero-order chi connectivity index (χ0) is 8.27. The molecule has 1 heteroatoms. The molecule has 1 nitrogen and oxygen atoms in total. The first kappa shape index (κ1) is 9.05. The highest BCUT2D eigenvalue weighted by atomic mass is 15.0. The Morgan fingerprint density at radius 2 is 2.00 bits per heavy atom. The van der Waals surface area contributed by atoms with E-state index < -0.39 is 0 Å². The Bertz CT molecular complexity index is 109. The Morgan fingerprint density at radius 3 is 2.45 bits per heavy atom. The van der Waals surface area contributed by atoms with E-state index in [2.05, 4.69) is 25.9 Å². The number of hydrogen-bond acceptors (Lipinski definition) is 1. The zero-order valence-electron chi connectivity index (χ0n) is 8.14. The second kappa shape index (κ2) is 4.10. The predicted octanol–water partition coefficient (Wildman–Crippen LogP) is 2.37. The van der Waals surface area contributed by atoms with Crippen molar-refractivity contribution in [2.45, 2.75) is 32.6 Å². The van der Waals surface area contributed by atoms with Crippen LogP contribution in [0.5, 0.6) is 0 Å². The van der Waals surface area contributed by atoms with Gasteiger partial charge in [-0.15, -0.1) is 0 Å². The third-order valence-electron chi connectivity index (χ3n) is 2.79. The van der Waals surface area contributed by atoms with Crippen molar-refractivity contribution in [3.8, 4) is 0 Å². The van der Waals surface area contributed by atoms with Crippen LogP contribution in [0.15, 0.2) is 0 Å². The van der Waals surface area contributed by atoms with Gasteiger partial charge in [0.25, 0.3) is 0 Å². The van der Waals surface area contributed by atoms with Gasteiger partial charge in [-0.05, 0) is 45.3 Å². The minimum Gasteiger partial charge on any atom is -0.309 e. The molecule has 2 unspecified atom stereocenters. The summed E-state index contributed by atoms with van der Waals surface area (Å²) < 4.78 is 0. The van der Waals surface area contributed by atoms with E-state index in [0.717, 1.165) is 11.8 Å². The summed E-state index contributed by atoms with van der Waals surface area (Å²) in [5.74, 6) is 2.04. The lowest BCUT2D eigenvalue weighted by molar-refractivity contribution is 0.348. The quantitative estimate of drug-likeness (QED) is 0.605. The summed E-state index contributed by atoms with van der Waals surface area (Å²) in [5, 5.41) is 0. The molecule has 66 valence electrons. The van der Waals surface area contributed by atoms with E-state index in [1.165, 1.54) is 32.2 Å². The minimum atomic E-state index is 1.00. The SMILES string of the molecule is CC1CCC(CCN(C)C)C1. The van der Waals surface area contributed by atoms with Crippen molar-refractivity contribution in [2.24, 2.45) is 11.8 Å². The van der Waals surface area contributed by atoms with Crippen LogP contribution in [0, 0.1) is 11.8 Å². The van der Waals surface area contributed by atoms with E-state index in [4.69, 9.17) is 0 Å². The second-order valence-corrected chi connectivity index (χ2v) is 4.38.